The van der Waals surface area contributed by atoms with Crippen LogP contribution in [0.4, 0.5) is 4.79 Å². The van der Waals surface area contributed by atoms with E-state index in [4.69, 9.17) is 5.73 Å². The van der Waals surface area contributed by atoms with E-state index in [0.29, 0.717) is 5.69 Å². The summed E-state index contributed by atoms with van der Waals surface area (Å²) < 4.78 is 2.35. The number of hydrogen-bond acceptors (Lipinski definition) is 3. The van der Waals surface area contributed by atoms with E-state index in [2.05, 4.69) is 32.1 Å². The van der Waals surface area contributed by atoms with Crippen molar-refractivity contribution in [1.29, 1.82) is 0 Å². The lowest BCUT2D eigenvalue weighted by atomic mass is 10.1. The average molecular weight is 408 g/mol. The lowest BCUT2D eigenvalue weighted by Crippen LogP contribution is -2.54. The van der Waals surface area contributed by atoms with Crippen LogP contribution in [-0.2, 0) is 18.3 Å². The highest BCUT2D eigenvalue weighted by Crippen LogP contribution is 2.13. The summed E-state index contributed by atoms with van der Waals surface area (Å²) >= 11 is 3.27. The third-order valence-corrected chi connectivity index (χ3v) is 3.85. The summed E-state index contributed by atoms with van der Waals surface area (Å²) in [6, 6.07) is 9.01. The van der Waals surface area contributed by atoms with Gasteiger partial charge in [0.15, 0.2) is 0 Å². The van der Waals surface area contributed by atoms with Gasteiger partial charge in [-0.3, -0.25) is 20.4 Å². The van der Waals surface area contributed by atoms with Crippen LogP contribution in [0.5, 0.6) is 0 Å². The molecule has 5 N–H and O–H groups in total. The maximum Gasteiger partial charge on any atom is 0.312 e. The van der Waals surface area contributed by atoms with Gasteiger partial charge in [-0.05, 0) is 27.6 Å². The van der Waals surface area contributed by atoms with Crippen molar-refractivity contribution in [1.82, 2.24) is 20.7 Å². The summed E-state index contributed by atoms with van der Waals surface area (Å²) in [5.41, 5.74) is 11.0. The Balaban J connectivity index is 2.00. The molecule has 1 aromatic heterocycles. The van der Waals surface area contributed by atoms with Crippen molar-refractivity contribution in [2.45, 2.75) is 12.5 Å². The number of benzene rings is 1. The zero-order valence-corrected chi connectivity index (χ0v) is 15.0. The minimum Gasteiger partial charge on any atom is -0.352 e. The fraction of sp³-hybridized carbons (Fsp3) is 0.188. The number of carbonyl (C=O) groups excluding carboxylic acids is 3. The fourth-order valence-corrected chi connectivity index (χ4v) is 2.77. The van der Waals surface area contributed by atoms with Crippen molar-refractivity contribution in [2.24, 2.45) is 12.8 Å². The van der Waals surface area contributed by atoms with E-state index in [1.807, 2.05) is 30.3 Å². The molecule has 25 heavy (non-hydrogen) atoms. The highest BCUT2D eigenvalue weighted by atomic mass is 79.9. The van der Waals surface area contributed by atoms with Gasteiger partial charge in [0.1, 0.15) is 11.7 Å². The molecule has 0 aliphatic heterocycles. The monoisotopic (exact) mass is 407 g/mol. The number of primary amides is 1. The number of nitrogens with zero attached hydrogens (tertiary/aromatic N) is 1. The topological polar surface area (TPSA) is 118 Å². The first-order valence-electron chi connectivity index (χ1n) is 7.38. The van der Waals surface area contributed by atoms with E-state index in [0.717, 1.165) is 10.0 Å². The smallest absolute Gasteiger partial charge is 0.312 e. The molecule has 0 fully saturated rings. The Bertz CT molecular complexity index is 775. The molecule has 4 amide bonds. The molecule has 1 aromatic carbocycles. The lowest BCUT2D eigenvalue weighted by molar-refractivity contribution is -0.123. The molecule has 8 nitrogen and oxygen atoms in total. The molecule has 1 heterocycles. The minimum absolute atomic E-state index is 0.237. The Morgan fingerprint density at radius 3 is 2.44 bits per heavy atom. The molecule has 1 atom stereocenters. The second-order valence-electron chi connectivity index (χ2n) is 5.35. The van der Waals surface area contributed by atoms with Crippen LogP contribution in [0.25, 0.3) is 0 Å². The molecule has 0 aliphatic carbocycles. The Kier molecular flexibility index (Phi) is 6.18. The Hall–Kier alpha value is -2.81. The highest BCUT2D eigenvalue weighted by molar-refractivity contribution is 9.10. The Morgan fingerprint density at radius 2 is 1.88 bits per heavy atom. The number of carbonyl (C=O) groups is 3. The predicted molar refractivity (Wildman–Crippen MR) is 95.4 cm³/mol. The van der Waals surface area contributed by atoms with Gasteiger partial charge in [-0.25, -0.2) is 4.79 Å². The molecule has 0 saturated heterocycles. The molecule has 9 heteroatoms. The second-order valence-corrected chi connectivity index (χ2v) is 6.26. The molecular formula is C16H18BrN5O3. The highest BCUT2D eigenvalue weighted by Gasteiger charge is 2.21. The number of hydrogen-bond donors (Lipinski definition) is 4. The van der Waals surface area contributed by atoms with Gasteiger partial charge in [0.05, 0.1) is 0 Å². The summed E-state index contributed by atoms with van der Waals surface area (Å²) in [4.78, 5) is 35.6. The van der Waals surface area contributed by atoms with E-state index in [1.165, 1.54) is 0 Å². The molecule has 0 bridgehead atoms. The summed E-state index contributed by atoms with van der Waals surface area (Å²) in [5, 5.41) is 2.37. The molecular weight excluding hydrogens is 390 g/mol. The van der Waals surface area contributed by atoms with Gasteiger partial charge >= 0.3 is 6.03 Å². The number of urea groups is 1. The second kappa shape index (κ2) is 8.34. The third-order valence-electron chi connectivity index (χ3n) is 3.42. The van der Waals surface area contributed by atoms with Crippen LogP contribution in [0.2, 0.25) is 0 Å². The van der Waals surface area contributed by atoms with Crippen molar-refractivity contribution in [3.63, 3.8) is 0 Å². The number of nitrogens with one attached hydrogen (secondary N) is 3. The maximum atomic E-state index is 12.3. The van der Waals surface area contributed by atoms with Gasteiger partial charge in [-0.1, -0.05) is 30.3 Å². The van der Waals surface area contributed by atoms with Crippen molar-refractivity contribution in [3.8, 4) is 0 Å². The third kappa shape index (κ3) is 5.35. The van der Waals surface area contributed by atoms with E-state index in [9.17, 15) is 14.4 Å². The van der Waals surface area contributed by atoms with Crippen LogP contribution in [-0.4, -0.2) is 28.5 Å². The molecule has 0 radical (unpaired) electrons. The number of hydrazine groups is 1. The van der Waals surface area contributed by atoms with Crippen LogP contribution in [0.1, 0.15) is 16.1 Å². The molecule has 2 rings (SSSR count). The van der Waals surface area contributed by atoms with Crippen LogP contribution in [0.15, 0.2) is 47.1 Å². The average Bonchev–Trinajstić information content (AvgIpc) is 2.90. The Labute approximate surface area is 152 Å². The quantitative estimate of drug-likeness (QED) is 0.549. The van der Waals surface area contributed by atoms with Crippen molar-refractivity contribution in [3.05, 3.63) is 58.3 Å². The fourth-order valence-electron chi connectivity index (χ4n) is 2.25. The van der Waals surface area contributed by atoms with Crippen molar-refractivity contribution < 1.29 is 14.4 Å². The number of aromatic nitrogens is 1. The van der Waals surface area contributed by atoms with E-state index >= 15 is 0 Å². The van der Waals surface area contributed by atoms with Crippen molar-refractivity contribution >= 4 is 33.8 Å². The van der Waals surface area contributed by atoms with Crippen LogP contribution in [0.3, 0.4) is 0 Å². The van der Waals surface area contributed by atoms with E-state index in [1.54, 1.807) is 23.9 Å². The van der Waals surface area contributed by atoms with E-state index < -0.39 is 23.9 Å². The van der Waals surface area contributed by atoms with Crippen LogP contribution < -0.4 is 21.9 Å². The molecule has 0 aliphatic rings. The van der Waals surface area contributed by atoms with Crippen molar-refractivity contribution in [2.75, 3.05) is 0 Å². The van der Waals surface area contributed by atoms with Gasteiger partial charge in [0.2, 0.25) is 0 Å². The number of halogens is 1. The number of rotatable bonds is 5. The molecule has 2 aromatic rings. The maximum absolute atomic E-state index is 12.3. The minimum atomic E-state index is -0.916. The van der Waals surface area contributed by atoms with Gasteiger partial charge in [0, 0.05) is 24.1 Å². The largest absolute Gasteiger partial charge is 0.352 e. The Morgan fingerprint density at radius 1 is 1.20 bits per heavy atom. The molecule has 0 saturated carbocycles. The van der Waals surface area contributed by atoms with Gasteiger partial charge in [0.25, 0.3) is 11.8 Å². The first-order chi connectivity index (χ1) is 11.9. The zero-order valence-electron chi connectivity index (χ0n) is 13.5. The molecule has 0 spiro atoms. The zero-order chi connectivity index (χ0) is 18.4. The summed E-state index contributed by atoms with van der Waals surface area (Å²) in [6.07, 6.45) is 1.95. The molecule has 1 unspecified atom stereocenters. The molecule has 132 valence electrons. The lowest BCUT2D eigenvalue weighted by Gasteiger charge is -2.17. The van der Waals surface area contributed by atoms with Gasteiger partial charge in [-0.2, -0.15) is 0 Å². The first-order valence-corrected chi connectivity index (χ1v) is 8.18. The summed E-state index contributed by atoms with van der Waals surface area (Å²) in [6.45, 7) is 0. The number of nitrogens with two attached hydrogens (primary N) is 1. The van der Waals surface area contributed by atoms with Crippen LogP contribution in [0, 0.1) is 0 Å². The van der Waals surface area contributed by atoms with Gasteiger partial charge < -0.3 is 15.6 Å². The van der Waals surface area contributed by atoms with E-state index in [-0.39, 0.29) is 6.42 Å². The first kappa shape index (κ1) is 18.5. The summed E-state index contributed by atoms with van der Waals surface area (Å²) in [5.74, 6) is -1.07. The predicted octanol–water partition coefficient (Wildman–Crippen LogP) is 0.828. The number of amides is 4. The normalized spacial score (nSPS) is 11.4. The number of aryl methyl sites for hydroxylation is 1. The van der Waals surface area contributed by atoms with Crippen LogP contribution >= 0.6 is 15.9 Å². The standard InChI is InChI=1S/C16H18BrN5O3/c1-22-9-11(17)8-13(22)15(24)21-20-14(23)12(19-16(18)25)7-10-5-3-2-4-6-10/h2-6,8-9,12H,7H2,1H3,(H,20,23)(H,21,24)(H3,18,19,25). The summed E-state index contributed by atoms with van der Waals surface area (Å²) in [7, 11) is 1.70. The van der Waals surface area contributed by atoms with Gasteiger partial charge in [-0.15, -0.1) is 0 Å². The SMILES string of the molecule is Cn1cc(Br)cc1C(=O)NNC(=O)C(Cc1ccccc1)NC(N)=O.